The van der Waals surface area contributed by atoms with E-state index >= 15 is 0 Å². The molecule has 0 radical (unpaired) electrons. The minimum Gasteiger partial charge on any atom is -0.480 e. The summed E-state index contributed by atoms with van der Waals surface area (Å²) in [5, 5.41) is 21.2. The summed E-state index contributed by atoms with van der Waals surface area (Å²) in [6, 6.07) is 8.66. The fourth-order valence-corrected chi connectivity index (χ4v) is 2.96. The van der Waals surface area contributed by atoms with Crippen molar-refractivity contribution in [2.24, 2.45) is 0 Å². The van der Waals surface area contributed by atoms with Crippen LogP contribution in [0, 0.1) is 0 Å². The summed E-state index contributed by atoms with van der Waals surface area (Å²) >= 11 is 0. The molecule has 0 bridgehead atoms. The Morgan fingerprint density at radius 3 is 2.54 bits per heavy atom. The molecule has 2 atom stereocenters. The first-order valence-corrected chi connectivity index (χ1v) is 7.87. The topological polar surface area (TPSA) is 107 Å². The van der Waals surface area contributed by atoms with Crippen LogP contribution in [0.15, 0.2) is 30.3 Å². The number of amides is 1. The number of carboxylic acid groups (broad SMARTS) is 2. The molecule has 130 valence electrons. The zero-order chi connectivity index (χ0) is 17.7. The SMILES string of the molecule is CC1(NC(CCc2ccccc2)C(=O)O)CCN(CC(=O)O)C1=O. The van der Waals surface area contributed by atoms with Gasteiger partial charge in [0.25, 0.3) is 0 Å². The Hall–Kier alpha value is -2.41. The van der Waals surface area contributed by atoms with Crippen molar-refractivity contribution in [2.45, 2.75) is 37.8 Å². The summed E-state index contributed by atoms with van der Waals surface area (Å²) in [4.78, 5) is 36.0. The van der Waals surface area contributed by atoms with E-state index in [1.807, 2.05) is 30.3 Å². The maximum absolute atomic E-state index is 12.4. The first-order chi connectivity index (χ1) is 11.3. The lowest BCUT2D eigenvalue weighted by atomic mass is 9.97. The summed E-state index contributed by atoms with van der Waals surface area (Å²) in [6.45, 7) is 1.58. The Morgan fingerprint density at radius 1 is 1.29 bits per heavy atom. The molecule has 1 amide bonds. The zero-order valence-corrected chi connectivity index (χ0v) is 13.6. The van der Waals surface area contributed by atoms with Crippen molar-refractivity contribution in [1.29, 1.82) is 0 Å². The second-order valence-corrected chi connectivity index (χ2v) is 6.26. The summed E-state index contributed by atoms with van der Waals surface area (Å²) < 4.78 is 0. The molecular weight excluding hydrogens is 312 g/mol. The van der Waals surface area contributed by atoms with Gasteiger partial charge in [-0.3, -0.25) is 19.7 Å². The number of benzene rings is 1. The molecular formula is C17H22N2O5. The van der Waals surface area contributed by atoms with E-state index in [0.29, 0.717) is 25.8 Å². The molecule has 1 heterocycles. The number of hydrogen-bond donors (Lipinski definition) is 3. The van der Waals surface area contributed by atoms with Crippen LogP contribution in [-0.2, 0) is 20.8 Å². The third kappa shape index (κ3) is 4.32. The monoisotopic (exact) mass is 334 g/mol. The Kier molecular flexibility index (Phi) is 5.56. The van der Waals surface area contributed by atoms with Gasteiger partial charge in [-0.05, 0) is 31.7 Å². The summed E-state index contributed by atoms with van der Waals surface area (Å²) in [6.07, 6.45) is 1.31. The lowest BCUT2D eigenvalue weighted by Gasteiger charge is -2.28. The van der Waals surface area contributed by atoms with Crippen LogP contribution < -0.4 is 5.32 Å². The Bertz CT molecular complexity index is 619. The normalized spacial score (nSPS) is 21.7. The van der Waals surface area contributed by atoms with Gasteiger partial charge in [0.05, 0.1) is 5.54 Å². The van der Waals surface area contributed by atoms with Gasteiger partial charge in [0.2, 0.25) is 5.91 Å². The van der Waals surface area contributed by atoms with Gasteiger partial charge in [0.15, 0.2) is 0 Å². The van der Waals surface area contributed by atoms with Crippen LogP contribution in [0.4, 0.5) is 0 Å². The average molecular weight is 334 g/mol. The van der Waals surface area contributed by atoms with Gasteiger partial charge in [-0.15, -0.1) is 0 Å². The van der Waals surface area contributed by atoms with Crippen molar-refractivity contribution in [1.82, 2.24) is 10.2 Å². The molecule has 1 aliphatic heterocycles. The quantitative estimate of drug-likeness (QED) is 0.647. The van der Waals surface area contributed by atoms with E-state index in [4.69, 9.17) is 5.11 Å². The van der Waals surface area contributed by atoms with E-state index in [2.05, 4.69) is 5.32 Å². The van der Waals surface area contributed by atoms with Crippen LogP contribution >= 0.6 is 0 Å². The Balaban J connectivity index is 2.00. The lowest BCUT2D eigenvalue weighted by molar-refractivity contribution is -0.145. The van der Waals surface area contributed by atoms with Crippen molar-refractivity contribution in [3.8, 4) is 0 Å². The van der Waals surface area contributed by atoms with Gasteiger partial charge in [0, 0.05) is 6.54 Å². The van der Waals surface area contributed by atoms with E-state index in [1.54, 1.807) is 6.92 Å². The van der Waals surface area contributed by atoms with Crippen LogP contribution in [0.5, 0.6) is 0 Å². The number of aliphatic carboxylic acids is 2. The van der Waals surface area contributed by atoms with Crippen LogP contribution in [0.1, 0.15) is 25.3 Å². The van der Waals surface area contributed by atoms with Crippen molar-refractivity contribution in [3.63, 3.8) is 0 Å². The molecule has 2 unspecified atom stereocenters. The van der Waals surface area contributed by atoms with Gasteiger partial charge < -0.3 is 15.1 Å². The predicted molar refractivity (Wildman–Crippen MR) is 86.6 cm³/mol. The number of hydrogen-bond acceptors (Lipinski definition) is 4. The minimum atomic E-state index is -1.08. The third-order valence-corrected chi connectivity index (χ3v) is 4.32. The van der Waals surface area contributed by atoms with Crippen LogP contribution in [-0.4, -0.2) is 57.6 Å². The molecule has 2 rings (SSSR count). The van der Waals surface area contributed by atoms with E-state index < -0.39 is 23.5 Å². The molecule has 1 aromatic rings. The summed E-state index contributed by atoms with van der Waals surface area (Å²) in [7, 11) is 0. The van der Waals surface area contributed by atoms with Crippen molar-refractivity contribution < 1.29 is 24.6 Å². The molecule has 0 aliphatic carbocycles. The standard InChI is InChI=1S/C17H22N2O5/c1-17(9-10-19(16(17)24)11-14(20)21)18-13(15(22)23)8-7-12-5-3-2-4-6-12/h2-6,13,18H,7-11H2,1H3,(H,20,21)(H,22,23). The molecule has 0 aromatic heterocycles. The smallest absolute Gasteiger partial charge is 0.323 e. The summed E-state index contributed by atoms with van der Waals surface area (Å²) in [5.41, 5.74) is -0.0178. The largest absolute Gasteiger partial charge is 0.480 e. The van der Waals surface area contributed by atoms with E-state index in [-0.39, 0.29) is 12.5 Å². The molecule has 0 spiro atoms. The maximum atomic E-state index is 12.4. The second-order valence-electron chi connectivity index (χ2n) is 6.26. The van der Waals surface area contributed by atoms with Crippen LogP contribution in [0.2, 0.25) is 0 Å². The molecule has 1 fully saturated rings. The molecule has 1 aromatic carbocycles. The number of nitrogens with one attached hydrogen (secondary N) is 1. The van der Waals surface area contributed by atoms with E-state index in [0.717, 1.165) is 5.56 Å². The molecule has 0 saturated carbocycles. The number of carbonyl (C=O) groups is 3. The minimum absolute atomic E-state index is 0.305. The molecule has 7 nitrogen and oxygen atoms in total. The fourth-order valence-electron chi connectivity index (χ4n) is 2.96. The van der Waals surface area contributed by atoms with Crippen molar-refractivity contribution >= 4 is 17.8 Å². The highest BCUT2D eigenvalue weighted by Gasteiger charge is 2.45. The summed E-state index contributed by atoms with van der Waals surface area (Å²) in [5.74, 6) is -2.46. The highest BCUT2D eigenvalue weighted by atomic mass is 16.4. The van der Waals surface area contributed by atoms with Crippen LogP contribution in [0.3, 0.4) is 0 Å². The number of aryl methyl sites for hydroxylation is 1. The average Bonchev–Trinajstić information content (AvgIpc) is 2.80. The second kappa shape index (κ2) is 7.44. The van der Waals surface area contributed by atoms with Gasteiger partial charge in [-0.25, -0.2) is 0 Å². The van der Waals surface area contributed by atoms with Crippen molar-refractivity contribution in [2.75, 3.05) is 13.1 Å². The lowest BCUT2D eigenvalue weighted by Crippen LogP contribution is -2.56. The van der Waals surface area contributed by atoms with E-state index in [1.165, 1.54) is 4.90 Å². The number of likely N-dealkylation sites (tertiary alicyclic amines) is 1. The first kappa shape index (κ1) is 17.9. The van der Waals surface area contributed by atoms with E-state index in [9.17, 15) is 19.5 Å². The highest BCUT2D eigenvalue weighted by molar-refractivity contribution is 5.91. The van der Waals surface area contributed by atoms with Gasteiger partial charge >= 0.3 is 11.9 Å². The number of carbonyl (C=O) groups excluding carboxylic acids is 1. The number of carboxylic acids is 2. The van der Waals surface area contributed by atoms with Crippen LogP contribution in [0.25, 0.3) is 0 Å². The molecule has 3 N–H and O–H groups in total. The molecule has 1 saturated heterocycles. The Labute approximate surface area is 140 Å². The predicted octanol–water partition coefficient (Wildman–Crippen LogP) is 0.738. The van der Waals surface area contributed by atoms with Gasteiger partial charge in [0.1, 0.15) is 12.6 Å². The molecule has 1 aliphatic rings. The Morgan fingerprint density at radius 2 is 1.96 bits per heavy atom. The number of rotatable bonds is 8. The molecule has 24 heavy (non-hydrogen) atoms. The van der Waals surface area contributed by atoms with Crippen molar-refractivity contribution in [3.05, 3.63) is 35.9 Å². The zero-order valence-electron chi connectivity index (χ0n) is 13.6. The highest BCUT2D eigenvalue weighted by Crippen LogP contribution is 2.24. The third-order valence-electron chi connectivity index (χ3n) is 4.32. The first-order valence-electron chi connectivity index (χ1n) is 7.87. The maximum Gasteiger partial charge on any atom is 0.323 e. The number of nitrogens with zero attached hydrogens (tertiary/aromatic N) is 1. The fraction of sp³-hybridized carbons (Fsp3) is 0.471. The van der Waals surface area contributed by atoms with Gasteiger partial charge in [-0.1, -0.05) is 30.3 Å². The van der Waals surface area contributed by atoms with Gasteiger partial charge in [-0.2, -0.15) is 0 Å². The molecule has 7 heteroatoms.